The molecule has 1 aromatic carbocycles. The zero-order valence-electron chi connectivity index (χ0n) is 11.7. The molecule has 0 aliphatic carbocycles. The summed E-state index contributed by atoms with van der Waals surface area (Å²) in [5, 5.41) is 4.78. The molecule has 104 valence electrons. The number of benzene rings is 1. The lowest BCUT2D eigenvalue weighted by Crippen LogP contribution is -2.23. The van der Waals surface area contributed by atoms with E-state index in [1.165, 1.54) is 0 Å². The Morgan fingerprint density at radius 2 is 2.05 bits per heavy atom. The van der Waals surface area contributed by atoms with E-state index >= 15 is 0 Å². The smallest absolute Gasteiger partial charge is 0.134 e. The van der Waals surface area contributed by atoms with Gasteiger partial charge in [-0.3, -0.25) is 4.21 Å². The molecule has 3 nitrogen and oxygen atoms in total. The van der Waals surface area contributed by atoms with Crippen molar-refractivity contribution in [3.8, 4) is 0 Å². The van der Waals surface area contributed by atoms with E-state index in [1.54, 1.807) is 6.26 Å². The van der Waals surface area contributed by atoms with Gasteiger partial charge in [-0.2, -0.15) is 0 Å². The van der Waals surface area contributed by atoms with Crippen LogP contribution in [0.4, 0.5) is 0 Å². The Balaban J connectivity index is 1.92. The van der Waals surface area contributed by atoms with Gasteiger partial charge in [-0.1, -0.05) is 25.1 Å². The Labute approximate surface area is 116 Å². The standard InChI is InChI=1S/C15H21NO2S/c1-11(19(3)17)8-9-16-12(2)15-10-13-6-4-5-7-14(13)18-15/h4-7,10-12,16H,8-9H2,1-3H3. The number of fused-ring (bicyclic) bond motifs is 1. The van der Waals surface area contributed by atoms with E-state index in [4.69, 9.17) is 4.42 Å². The molecule has 3 unspecified atom stereocenters. The Kier molecular flexibility index (Phi) is 4.77. The van der Waals surface area contributed by atoms with Gasteiger partial charge in [0.2, 0.25) is 0 Å². The molecule has 0 saturated carbocycles. The van der Waals surface area contributed by atoms with Crippen molar-refractivity contribution in [2.75, 3.05) is 12.8 Å². The summed E-state index contributed by atoms with van der Waals surface area (Å²) in [6.07, 6.45) is 2.67. The van der Waals surface area contributed by atoms with E-state index in [0.29, 0.717) is 0 Å². The topological polar surface area (TPSA) is 42.2 Å². The molecule has 2 rings (SSSR count). The molecule has 0 aliphatic rings. The van der Waals surface area contributed by atoms with Gasteiger partial charge in [0.15, 0.2) is 0 Å². The fourth-order valence-corrected chi connectivity index (χ4v) is 2.44. The van der Waals surface area contributed by atoms with Gasteiger partial charge in [-0.15, -0.1) is 0 Å². The van der Waals surface area contributed by atoms with Crippen LogP contribution in [0.25, 0.3) is 11.0 Å². The molecule has 4 heteroatoms. The zero-order valence-corrected chi connectivity index (χ0v) is 12.5. The molecule has 2 aromatic rings. The van der Waals surface area contributed by atoms with E-state index in [1.807, 2.05) is 25.1 Å². The monoisotopic (exact) mass is 279 g/mol. The number of rotatable bonds is 6. The highest BCUT2D eigenvalue weighted by atomic mass is 32.2. The molecule has 1 heterocycles. The van der Waals surface area contributed by atoms with Crippen molar-refractivity contribution in [1.29, 1.82) is 0 Å². The first kappa shape index (κ1) is 14.3. The Hall–Kier alpha value is -1.13. The van der Waals surface area contributed by atoms with E-state index in [0.717, 1.165) is 29.7 Å². The van der Waals surface area contributed by atoms with Crippen LogP contribution in [0.1, 0.15) is 32.1 Å². The van der Waals surface area contributed by atoms with Gasteiger partial charge in [0.05, 0.1) is 6.04 Å². The third kappa shape index (κ3) is 3.67. The maximum atomic E-state index is 11.3. The van der Waals surface area contributed by atoms with Crippen molar-refractivity contribution in [1.82, 2.24) is 5.32 Å². The largest absolute Gasteiger partial charge is 0.459 e. The van der Waals surface area contributed by atoms with Crippen LogP contribution >= 0.6 is 0 Å². The van der Waals surface area contributed by atoms with Crippen LogP contribution in [0.5, 0.6) is 0 Å². The van der Waals surface area contributed by atoms with Gasteiger partial charge in [0.1, 0.15) is 11.3 Å². The molecule has 0 fully saturated rings. The molecule has 0 bridgehead atoms. The number of furan rings is 1. The summed E-state index contributed by atoms with van der Waals surface area (Å²) in [7, 11) is -0.745. The van der Waals surface area contributed by atoms with Gasteiger partial charge >= 0.3 is 0 Å². The summed E-state index contributed by atoms with van der Waals surface area (Å²) in [6, 6.07) is 10.3. The summed E-state index contributed by atoms with van der Waals surface area (Å²) in [4.78, 5) is 0. The quantitative estimate of drug-likeness (QED) is 0.882. The molecule has 0 radical (unpaired) electrons. The minimum atomic E-state index is -0.745. The molecule has 0 spiro atoms. The zero-order chi connectivity index (χ0) is 13.8. The molecule has 0 amide bonds. The van der Waals surface area contributed by atoms with Crippen LogP contribution in [0.3, 0.4) is 0 Å². The van der Waals surface area contributed by atoms with Crippen molar-refractivity contribution >= 4 is 21.8 Å². The van der Waals surface area contributed by atoms with Crippen molar-refractivity contribution in [3.63, 3.8) is 0 Å². The normalized spacial score (nSPS) is 16.4. The lowest BCUT2D eigenvalue weighted by Gasteiger charge is -2.13. The van der Waals surface area contributed by atoms with Crippen LogP contribution in [0.15, 0.2) is 34.7 Å². The average Bonchev–Trinajstić information content (AvgIpc) is 2.82. The molecule has 1 aromatic heterocycles. The molecular formula is C15H21NO2S. The van der Waals surface area contributed by atoms with Crippen molar-refractivity contribution in [2.24, 2.45) is 0 Å². The SMILES string of the molecule is CC(NCCC(C)S(C)=O)c1cc2ccccc2o1. The predicted octanol–water partition coefficient (Wildman–Crippen LogP) is 3.24. The van der Waals surface area contributed by atoms with Crippen LogP contribution in [0, 0.1) is 0 Å². The first-order valence-corrected chi connectivity index (χ1v) is 8.24. The number of nitrogens with one attached hydrogen (secondary N) is 1. The van der Waals surface area contributed by atoms with E-state index < -0.39 is 10.8 Å². The second kappa shape index (κ2) is 6.35. The number of hydrogen-bond acceptors (Lipinski definition) is 3. The highest BCUT2D eigenvalue weighted by Gasteiger charge is 2.12. The first-order valence-electron chi connectivity index (χ1n) is 6.62. The summed E-state index contributed by atoms with van der Waals surface area (Å²) < 4.78 is 17.1. The molecule has 1 N–H and O–H groups in total. The van der Waals surface area contributed by atoms with Gasteiger partial charge in [-0.25, -0.2) is 0 Å². The second-order valence-corrected chi connectivity index (χ2v) is 6.76. The van der Waals surface area contributed by atoms with Gasteiger partial charge in [0, 0.05) is 27.7 Å². The summed E-state index contributed by atoms with van der Waals surface area (Å²) >= 11 is 0. The van der Waals surface area contributed by atoms with Crippen LogP contribution in [-0.2, 0) is 10.8 Å². The van der Waals surface area contributed by atoms with Crippen molar-refractivity contribution in [2.45, 2.75) is 31.6 Å². The lowest BCUT2D eigenvalue weighted by molar-refractivity contribution is 0.448. The highest BCUT2D eigenvalue weighted by Crippen LogP contribution is 2.23. The van der Waals surface area contributed by atoms with Gasteiger partial charge in [0.25, 0.3) is 0 Å². The fraction of sp³-hybridized carbons (Fsp3) is 0.467. The summed E-state index contributed by atoms with van der Waals surface area (Å²) in [5.74, 6) is 0.950. The molecular weight excluding hydrogens is 258 g/mol. The van der Waals surface area contributed by atoms with Gasteiger partial charge < -0.3 is 9.73 Å². The van der Waals surface area contributed by atoms with E-state index in [2.05, 4.69) is 24.4 Å². The van der Waals surface area contributed by atoms with Gasteiger partial charge in [-0.05, 0) is 32.0 Å². The average molecular weight is 279 g/mol. The fourth-order valence-electron chi connectivity index (χ4n) is 1.99. The maximum Gasteiger partial charge on any atom is 0.134 e. The minimum Gasteiger partial charge on any atom is -0.459 e. The number of para-hydroxylation sites is 1. The summed E-state index contributed by atoms with van der Waals surface area (Å²) in [5.41, 5.74) is 0.925. The minimum absolute atomic E-state index is 0.171. The van der Waals surface area contributed by atoms with Crippen LogP contribution in [-0.4, -0.2) is 22.3 Å². The number of hydrogen-bond donors (Lipinski definition) is 1. The third-order valence-electron chi connectivity index (χ3n) is 3.44. The second-order valence-electron chi connectivity index (χ2n) is 4.96. The van der Waals surface area contributed by atoms with Crippen molar-refractivity contribution in [3.05, 3.63) is 36.1 Å². The van der Waals surface area contributed by atoms with Crippen molar-refractivity contribution < 1.29 is 8.63 Å². The van der Waals surface area contributed by atoms with Crippen LogP contribution in [0.2, 0.25) is 0 Å². The first-order chi connectivity index (χ1) is 9.08. The summed E-state index contributed by atoms with van der Waals surface area (Å²) in [6.45, 7) is 4.95. The predicted molar refractivity (Wildman–Crippen MR) is 80.8 cm³/mol. The lowest BCUT2D eigenvalue weighted by atomic mass is 10.2. The molecule has 19 heavy (non-hydrogen) atoms. The molecule has 0 saturated heterocycles. The Morgan fingerprint density at radius 1 is 1.32 bits per heavy atom. The van der Waals surface area contributed by atoms with Crippen LogP contribution < -0.4 is 5.32 Å². The molecule has 0 aliphatic heterocycles. The highest BCUT2D eigenvalue weighted by molar-refractivity contribution is 7.84. The van der Waals surface area contributed by atoms with E-state index in [-0.39, 0.29) is 11.3 Å². The third-order valence-corrected chi connectivity index (χ3v) is 4.81. The molecule has 3 atom stereocenters. The maximum absolute atomic E-state index is 11.3. The Morgan fingerprint density at radius 3 is 2.74 bits per heavy atom. The van der Waals surface area contributed by atoms with E-state index in [9.17, 15) is 4.21 Å². The Bertz CT molecular complexity index is 531.